The number of benzene rings is 1. The van der Waals surface area contributed by atoms with Crippen LogP contribution >= 0.6 is 0 Å². The third-order valence-corrected chi connectivity index (χ3v) is 6.17. The molecular weight excluding hydrogens is 369 g/mol. The Hall–Kier alpha value is -1.50. The van der Waals surface area contributed by atoms with E-state index in [0.717, 1.165) is 77.6 Å². The molecule has 0 bridgehead atoms. The van der Waals surface area contributed by atoms with Gasteiger partial charge in [0.15, 0.2) is 0 Å². The van der Waals surface area contributed by atoms with Crippen LogP contribution in [0, 0.1) is 11.7 Å². The first-order valence-corrected chi connectivity index (χ1v) is 11.2. The van der Waals surface area contributed by atoms with Crippen molar-refractivity contribution >= 4 is 5.91 Å². The van der Waals surface area contributed by atoms with Gasteiger partial charge < -0.3 is 14.5 Å². The molecule has 1 unspecified atom stereocenters. The van der Waals surface area contributed by atoms with Crippen molar-refractivity contribution in [1.82, 2.24) is 14.7 Å². The number of piperidine rings is 1. The molecule has 2 fully saturated rings. The fourth-order valence-electron chi connectivity index (χ4n) is 4.44. The Morgan fingerprint density at radius 2 is 2.03 bits per heavy atom. The number of hydrogen-bond donors (Lipinski definition) is 0. The number of hydrogen-bond acceptors (Lipinski definition) is 4. The summed E-state index contributed by atoms with van der Waals surface area (Å²) in [4.78, 5) is 19.6. The summed E-state index contributed by atoms with van der Waals surface area (Å²) in [6.45, 7) is 11.1. The molecule has 1 aromatic carbocycles. The topological polar surface area (TPSA) is 36.0 Å². The summed E-state index contributed by atoms with van der Waals surface area (Å²) in [5, 5.41) is 0. The molecule has 2 aliphatic rings. The number of rotatable bonds is 9. The highest BCUT2D eigenvalue weighted by atomic mass is 19.1. The van der Waals surface area contributed by atoms with Gasteiger partial charge in [-0.05, 0) is 56.3 Å². The predicted molar refractivity (Wildman–Crippen MR) is 113 cm³/mol. The van der Waals surface area contributed by atoms with E-state index in [1.54, 1.807) is 12.1 Å². The number of carbonyl (C=O) groups is 1. The number of morpholine rings is 1. The van der Waals surface area contributed by atoms with Crippen LogP contribution in [0.15, 0.2) is 24.3 Å². The van der Waals surface area contributed by atoms with Gasteiger partial charge in [0.1, 0.15) is 5.82 Å². The molecule has 0 saturated carbocycles. The van der Waals surface area contributed by atoms with Crippen molar-refractivity contribution in [2.24, 2.45) is 5.92 Å². The van der Waals surface area contributed by atoms with Crippen LogP contribution in [0.1, 0.15) is 31.7 Å². The van der Waals surface area contributed by atoms with E-state index in [2.05, 4.69) is 16.7 Å². The van der Waals surface area contributed by atoms with Crippen LogP contribution in [0.5, 0.6) is 0 Å². The number of ether oxygens (including phenoxy) is 1. The summed E-state index contributed by atoms with van der Waals surface area (Å²) in [7, 11) is 0. The molecule has 0 spiro atoms. The largest absolute Gasteiger partial charge is 0.379 e. The quantitative estimate of drug-likeness (QED) is 0.633. The standard InChI is InChI=1S/C23H36FN3O2/c1-2-27(23(28)9-12-25-13-15-29-16-14-25)19-21-6-4-10-26(18-21)11-8-20-5-3-7-22(24)17-20/h3,5,7,17,21H,2,4,6,8-16,18-19H2,1H3. The van der Waals surface area contributed by atoms with E-state index in [1.165, 1.54) is 18.9 Å². The molecule has 1 aromatic rings. The Balaban J connectivity index is 1.41. The van der Waals surface area contributed by atoms with Gasteiger partial charge in [-0.1, -0.05) is 12.1 Å². The van der Waals surface area contributed by atoms with Crippen LogP contribution in [-0.4, -0.2) is 86.2 Å². The summed E-state index contributed by atoms with van der Waals surface area (Å²) in [5.41, 5.74) is 1.06. The maximum Gasteiger partial charge on any atom is 0.223 e. The van der Waals surface area contributed by atoms with E-state index in [9.17, 15) is 9.18 Å². The Bertz CT molecular complexity index is 636. The molecule has 0 aromatic heterocycles. The molecule has 0 aliphatic carbocycles. The van der Waals surface area contributed by atoms with Crippen LogP contribution < -0.4 is 0 Å². The maximum atomic E-state index is 13.4. The highest BCUT2D eigenvalue weighted by Gasteiger charge is 2.24. The average molecular weight is 406 g/mol. The minimum atomic E-state index is -0.159. The summed E-state index contributed by atoms with van der Waals surface area (Å²) in [6, 6.07) is 6.91. The monoisotopic (exact) mass is 405 g/mol. The number of likely N-dealkylation sites (tertiary alicyclic amines) is 1. The molecule has 2 heterocycles. The van der Waals surface area contributed by atoms with Crippen molar-refractivity contribution in [1.29, 1.82) is 0 Å². The Morgan fingerprint density at radius 3 is 2.79 bits per heavy atom. The molecular formula is C23H36FN3O2. The van der Waals surface area contributed by atoms with Crippen molar-refractivity contribution in [2.45, 2.75) is 32.6 Å². The molecule has 2 saturated heterocycles. The van der Waals surface area contributed by atoms with Crippen LogP contribution in [0.3, 0.4) is 0 Å². The van der Waals surface area contributed by atoms with Gasteiger partial charge in [0, 0.05) is 52.2 Å². The summed E-state index contributed by atoms with van der Waals surface area (Å²) < 4.78 is 18.8. The fourth-order valence-corrected chi connectivity index (χ4v) is 4.44. The van der Waals surface area contributed by atoms with Crippen molar-refractivity contribution < 1.29 is 13.9 Å². The van der Waals surface area contributed by atoms with Gasteiger partial charge in [0.2, 0.25) is 5.91 Å². The zero-order chi connectivity index (χ0) is 20.5. The molecule has 5 nitrogen and oxygen atoms in total. The first-order chi connectivity index (χ1) is 14.1. The number of amides is 1. The van der Waals surface area contributed by atoms with Crippen LogP contribution in [0.2, 0.25) is 0 Å². The van der Waals surface area contributed by atoms with E-state index in [1.807, 2.05) is 11.0 Å². The molecule has 1 atom stereocenters. The zero-order valence-electron chi connectivity index (χ0n) is 17.8. The van der Waals surface area contributed by atoms with Gasteiger partial charge in [0.25, 0.3) is 0 Å². The first kappa shape index (κ1) is 22.2. The lowest BCUT2D eigenvalue weighted by molar-refractivity contribution is -0.132. The highest BCUT2D eigenvalue weighted by Crippen LogP contribution is 2.19. The molecule has 0 N–H and O–H groups in total. The normalized spacial score (nSPS) is 21.2. The van der Waals surface area contributed by atoms with Gasteiger partial charge >= 0.3 is 0 Å². The van der Waals surface area contributed by atoms with E-state index in [0.29, 0.717) is 12.3 Å². The van der Waals surface area contributed by atoms with Gasteiger partial charge in [-0.3, -0.25) is 9.69 Å². The van der Waals surface area contributed by atoms with Crippen molar-refractivity contribution in [2.75, 3.05) is 65.6 Å². The lowest BCUT2D eigenvalue weighted by Crippen LogP contribution is -2.44. The summed E-state index contributed by atoms with van der Waals surface area (Å²) in [6.07, 6.45) is 3.83. The number of nitrogens with zero attached hydrogens (tertiary/aromatic N) is 3. The van der Waals surface area contributed by atoms with Gasteiger partial charge in [-0.25, -0.2) is 4.39 Å². The third-order valence-electron chi connectivity index (χ3n) is 6.17. The minimum absolute atomic E-state index is 0.159. The highest BCUT2D eigenvalue weighted by molar-refractivity contribution is 5.76. The van der Waals surface area contributed by atoms with Crippen LogP contribution in [-0.2, 0) is 16.0 Å². The van der Waals surface area contributed by atoms with E-state index in [4.69, 9.17) is 4.74 Å². The minimum Gasteiger partial charge on any atom is -0.379 e. The van der Waals surface area contributed by atoms with E-state index < -0.39 is 0 Å². The van der Waals surface area contributed by atoms with Crippen LogP contribution in [0.4, 0.5) is 4.39 Å². The van der Waals surface area contributed by atoms with Crippen LogP contribution in [0.25, 0.3) is 0 Å². The third kappa shape index (κ3) is 7.36. The Kier molecular flexibility index (Phi) is 8.90. The second kappa shape index (κ2) is 11.6. The van der Waals surface area contributed by atoms with Gasteiger partial charge in [-0.2, -0.15) is 0 Å². The summed E-state index contributed by atoms with van der Waals surface area (Å²) >= 11 is 0. The SMILES string of the molecule is CCN(CC1CCCN(CCc2cccc(F)c2)C1)C(=O)CCN1CCOCC1. The Labute approximate surface area is 174 Å². The average Bonchev–Trinajstić information content (AvgIpc) is 2.75. The molecule has 162 valence electrons. The molecule has 1 amide bonds. The maximum absolute atomic E-state index is 13.4. The van der Waals surface area contributed by atoms with E-state index in [-0.39, 0.29) is 11.7 Å². The van der Waals surface area contributed by atoms with E-state index >= 15 is 0 Å². The van der Waals surface area contributed by atoms with Crippen molar-refractivity contribution in [3.05, 3.63) is 35.6 Å². The number of carbonyl (C=O) groups excluding carboxylic acids is 1. The van der Waals surface area contributed by atoms with Crippen molar-refractivity contribution in [3.8, 4) is 0 Å². The second-order valence-electron chi connectivity index (χ2n) is 8.33. The number of halogens is 1. The lowest BCUT2D eigenvalue weighted by Gasteiger charge is -2.36. The summed E-state index contributed by atoms with van der Waals surface area (Å²) in [5.74, 6) is 0.646. The molecule has 29 heavy (non-hydrogen) atoms. The molecule has 3 rings (SSSR count). The molecule has 2 aliphatic heterocycles. The fraction of sp³-hybridized carbons (Fsp3) is 0.696. The van der Waals surface area contributed by atoms with Crippen molar-refractivity contribution in [3.63, 3.8) is 0 Å². The predicted octanol–water partition coefficient (Wildman–Crippen LogP) is 2.65. The smallest absolute Gasteiger partial charge is 0.223 e. The lowest BCUT2D eigenvalue weighted by atomic mass is 9.96. The van der Waals surface area contributed by atoms with Gasteiger partial charge in [0.05, 0.1) is 13.2 Å². The Morgan fingerprint density at radius 1 is 1.21 bits per heavy atom. The second-order valence-corrected chi connectivity index (χ2v) is 8.33. The first-order valence-electron chi connectivity index (χ1n) is 11.2. The van der Waals surface area contributed by atoms with Gasteiger partial charge in [-0.15, -0.1) is 0 Å². The molecule has 6 heteroatoms. The molecule has 0 radical (unpaired) electrons. The zero-order valence-corrected chi connectivity index (χ0v) is 17.8.